The SMILES string of the molecule is CNC1C(S(=O)(=O)C2CCOCC2)CCC1(C)C. The van der Waals surface area contributed by atoms with E-state index in [1.54, 1.807) is 0 Å². The Morgan fingerprint density at radius 2 is 1.78 bits per heavy atom. The van der Waals surface area contributed by atoms with E-state index in [0.717, 1.165) is 12.8 Å². The minimum Gasteiger partial charge on any atom is -0.381 e. The molecule has 2 aliphatic rings. The first-order valence-corrected chi connectivity index (χ1v) is 8.48. The van der Waals surface area contributed by atoms with Crippen LogP contribution in [-0.2, 0) is 14.6 Å². The maximum atomic E-state index is 12.7. The van der Waals surface area contributed by atoms with Crippen molar-refractivity contribution in [3.05, 3.63) is 0 Å². The highest BCUT2D eigenvalue weighted by molar-refractivity contribution is 7.92. The number of nitrogens with one attached hydrogen (secondary N) is 1. The van der Waals surface area contributed by atoms with E-state index in [2.05, 4.69) is 19.2 Å². The highest BCUT2D eigenvalue weighted by Gasteiger charge is 2.49. The van der Waals surface area contributed by atoms with Gasteiger partial charge in [-0.2, -0.15) is 0 Å². The largest absolute Gasteiger partial charge is 0.381 e. The van der Waals surface area contributed by atoms with E-state index < -0.39 is 9.84 Å². The Bertz CT molecular complexity index is 385. The van der Waals surface area contributed by atoms with Crippen molar-refractivity contribution in [1.82, 2.24) is 5.32 Å². The van der Waals surface area contributed by atoms with Gasteiger partial charge in [0, 0.05) is 19.3 Å². The Morgan fingerprint density at radius 1 is 1.17 bits per heavy atom. The van der Waals surface area contributed by atoms with Crippen molar-refractivity contribution >= 4 is 9.84 Å². The van der Waals surface area contributed by atoms with Crippen molar-refractivity contribution < 1.29 is 13.2 Å². The smallest absolute Gasteiger partial charge is 0.157 e. The highest BCUT2D eigenvalue weighted by atomic mass is 32.2. The molecule has 2 unspecified atom stereocenters. The molecule has 0 bridgehead atoms. The summed E-state index contributed by atoms with van der Waals surface area (Å²) in [6, 6.07) is 0.0744. The summed E-state index contributed by atoms with van der Waals surface area (Å²) in [4.78, 5) is 0. The van der Waals surface area contributed by atoms with E-state index in [4.69, 9.17) is 4.74 Å². The number of hydrogen-bond acceptors (Lipinski definition) is 4. The molecule has 106 valence electrons. The first kappa shape index (κ1) is 14.3. The van der Waals surface area contributed by atoms with E-state index in [1.165, 1.54) is 0 Å². The molecule has 0 amide bonds. The van der Waals surface area contributed by atoms with Crippen LogP contribution in [0.25, 0.3) is 0 Å². The summed E-state index contributed by atoms with van der Waals surface area (Å²) in [6.07, 6.45) is 3.09. The highest BCUT2D eigenvalue weighted by Crippen LogP contribution is 2.42. The van der Waals surface area contributed by atoms with Crippen molar-refractivity contribution in [2.45, 2.75) is 56.1 Å². The number of hydrogen-bond donors (Lipinski definition) is 1. The molecule has 18 heavy (non-hydrogen) atoms. The van der Waals surface area contributed by atoms with Crippen molar-refractivity contribution in [2.24, 2.45) is 5.41 Å². The second kappa shape index (κ2) is 5.10. The Labute approximate surface area is 110 Å². The van der Waals surface area contributed by atoms with Crippen LogP contribution < -0.4 is 5.32 Å². The fourth-order valence-electron chi connectivity index (χ4n) is 3.52. The van der Waals surface area contributed by atoms with Gasteiger partial charge in [0.05, 0.1) is 10.5 Å². The van der Waals surface area contributed by atoms with Gasteiger partial charge in [-0.15, -0.1) is 0 Å². The minimum atomic E-state index is -3.04. The number of ether oxygens (including phenoxy) is 1. The molecule has 1 aliphatic carbocycles. The lowest BCUT2D eigenvalue weighted by molar-refractivity contribution is 0.0981. The number of rotatable bonds is 3. The number of sulfone groups is 1. The van der Waals surface area contributed by atoms with Crippen LogP contribution in [0.5, 0.6) is 0 Å². The van der Waals surface area contributed by atoms with Gasteiger partial charge >= 0.3 is 0 Å². The van der Waals surface area contributed by atoms with Gasteiger partial charge < -0.3 is 10.1 Å². The van der Waals surface area contributed by atoms with Gasteiger partial charge in [0.25, 0.3) is 0 Å². The van der Waals surface area contributed by atoms with Crippen LogP contribution in [0.1, 0.15) is 39.5 Å². The van der Waals surface area contributed by atoms with E-state index in [-0.39, 0.29) is 22.0 Å². The predicted octanol–water partition coefficient (Wildman–Crippen LogP) is 1.36. The summed E-state index contributed by atoms with van der Waals surface area (Å²) in [6.45, 7) is 5.50. The van der Waals surface area contributed by atoms with Crippen LogP contribution in [0, 0.1) is 5.41 Å². The van der Waals surface area contributed by atoms with Gasteiger partial charge in [0.2, 0.25) is 0 Å². The zero-order valence-electron chi connectivity index (χ0n) is 11.6. The Morgan fingerprint density at radius 3 is 2.33 bits per heavy atom. The Kier molecular flexibility index (Phi) is 4.04. The molecule has 2 fully saturated rings. The van der Waals surface area contributed by atoms with E-state index in [1.807, 2.05) is 7.05 Å². The van der Waals surface area contributed by atoms with Crippen molar-refractivity contribution in [2.75, 3.05) is 20.3 Å². The molecule has 2 atom stereocenters. The van der Waals surface area contributed by atoms with Gasteiger partial charge in [0.15, 0.2) is 9.84 Å². The second-order valence-electron chi connectivity index (χ2n) is 6.23. The third-order valence-electron chi connectivity index (χ3n) is 4.65. The van der Waals surface area contributed by atoms with E-state index in [9.17, 15) is 8.42 Å². The van der Waals surface area contributed by atoms with Gasteiger partial charge in [-0.25, -0.2) is 8.42 Å². The summed E-state index contributed by atoms with van der Waals surface area (Å²) in [7, 11) is -1.16. The summed E-state index contributed by atoms with van der Waals surface area (Å²) in [5.41, 5.74) is 0.0671. The van der Waals surface area contributed by atoms with Crippen LogP contribution in [0.2, 0.25) is 0 Å². The summed E-state index contributed by atoms with van der Waals surface area (Å²) < 4.78 is 30.8. The predicted molar refractivity (Wildman–Crippen MR) is 72.4 cm³/mol. The first-order chi connectivity index (χ1) is 8.39. The molecule has 4 nitrogen and oxygen atoms in total. The quantitative estimate of drug-likeness (QED) is 0.845. The molecule has 2 rings (SSSR count). The van der Waals surface area contributed by atoms with Crippen LogP contribution in [-0.4, -0.2) is 45.2 Å². The second-order valence-corrected chi connectivity index (χ2v) is 8.68. The Balaban J connectivity index is 2.19. The molecule has 1 saturated heterocycles. The zero-order valence-corrected chi connectivity index (χ0v) is 12.4. The average molecular weight is 275 g/mol. The molecule has 1 heterocycles. The normalized spacial score (nSPS) is 33.7. The topological polar surface area (TPSA) is 55.4 Å². The van der Waals surface area contributed by atoms with Gasteiger partial charge in [0.1, 0.15) is 0 Å². The molecule has 1 saturated carbocycles. The van der Waals surface area contributed by atoms with Crippen molar-refractivity contribution in [1.29, 1.82) is 0 Å². The third-order valence-corrected chi connectivity index (χ3v) is 7.41. The van der Waals surface area contributed by atoms with Crippen LogP contribution in [0.3, 0.4) is 0 Å². The maximum Gasteiger partial charge on any atom is 0.157 e. The zero-order chi connectivity index (χ0) is 13.4. The van der Waals surface area contributed by atoms with Crippen LogP contribution >= 0.6 is 0 Å². The molecule has 0 spiro atoms. The molecule has 0 aromatic heterocycles. The minimum absolute atomic E-state index is 0.0671. The molecule has 0 radical (unpaired) electrons. The first-order valence-electron chi connectivity index (χ1n) is 6.87. The molecule has 0 aromatic carbocycles. The lowest BCUT2D eigenvalue weighted by Crippen LogP contribution is -2.49. The van der Waals surface area contributed by atoms with Crippen molar-refractivity contribution in [3.8, 4) is 0 Å². The molecule has 0 aromatic rings. The monoisotopic (exact) mass is 275 g/mol. The standard InChI is InChI=1S/C13H25NO3S/c1-13(2)7-4-11(12(13)14-3)18(15,16)10-5-8-17-9-6-10/h10-12,14H,4-9H2,1-3H3. The molecule has 1 N–H and O–H groups in total. The van der Waals surface area contributed by atoms with Crippen molar-refractivity contribution in [3.63, 3.8) is 0 Å². The van der Waals surface area contributed by atoms with E-state index >= 15 is 0 Å². The van der Waals surface area contributed by atoms with Crippen LogP contribution in [0.4, 0.5) is 0 Å². The van der Waals surface area contributed by atoms with E-state index in [0.29, 0.717) is 26.1 Å². The maximum absolute atomic E-state index is 12.7. The van der Waals surface area contributed by atoms with Gasteiger partial charge in [-0.1, -0.05) is 13.8 Å². The molecule has 1 aliphatic heterocycles. The van der Waals surface area contributed by atoms with Crippen LogP contribution in [0.15, 0.2) is 0 Å². The molecule has 5 heteroatoms. The Hall–Kier alpha value is -0.130. The average Bonchev–Trinajstić information content (AvgIpc) is 2.66. The summed E-state index contributed by atoms with van der Waals surface area (Å²) in [5, 5.41) is 2.82. The summed E-state index contributed by atoms with van der Waals surface area (Å²) >= 11 is 0. The lowest BCUT2D eigenvalue weighted by Gasteiger charge is -2.33. The summed E-state index contributed by atoms with van der Waals surface area (Å²) in [5.74, 6) is 0. The lowest BCUT2D eigenvalue weighted by atomic mass is 9.87. The van der Waals surface area contributed by atoms with Gasteiger partial charge in [-0.05, 0) is 38.1 Å². The fraction of sp³-hybridized carbons (Fsp3) is 1.00. The third kappa shape index (κ3) is 2.45. The molecular formula is C13H25NO3S. The fourth-order valence-corrected chi connectivity index (χ4v) is 6.20. The van der Waals surface area contributed by atoms with Gasteiger partial charge in [-0.3, -0.25) is 0 Å². The molecular weight excluding hydrogens is 250 g/mol.